The van der Waals surface area contributed by atoms with Gasteiger partial charge in [0.05, 0.1) is 11.8 Å². The van der Waals surface area contributed by atoms with Crippen LogP contribution >= 0.6 is 11.8 Å². The first-order chi connectivity index (χ1) is 10.8. The average molecular weight is 317 g/mol. The third kappa shape index (κ3) is 3.14. The molecule has 0 saturated carbocycles. The highest BCUT2D eigenvalue weighted by Gasteiger charge is 2.17. The molecule has 0 radical (unpaired) electrons. The van der Waals surface area contributed by atoms with Crippen molar-refractivity contribution in [3.63, 3.8) is 0 Å². The zero-order valence-electron chi connectivity index (χ0n) is 12.1. The minimum atomic E-state index is 0.265. The van der Waals surface area contributed by atoms with E-state index in [-0.39, 0.29) is 5.25 Å². The van der Waals surface area contributed by atoms with Crippen molar-refractivity contribution in [2.45, 2.75) is 30.2 Å². The molecule has 0 amide bonds. The Morgan fingerprint density at radius 2 is 2.18 bits per heavy atom. The molecule has 1 unspecified atom stereocenters. The topological polar surface area (TPSA) is 85.9 Å². The molecule has 2 aromatic rings. The van der Waals surface area contributed by atoms with Crippen molar-refractivity contribution in [2.24, 2.45) is 0 Å². The highest BCUT2D eigenvalue weighted by Crippen LogP contribution is 2.33. The molecule has 114 valence electrons. The number of rotatable bonds is 5. The van der Waals surface area contributed by atoms with Crippen molar-refractivity contribution in [2.75, 3.05) is 13.2 Å². The fourth-order valence-corrected chi connectivity index (χ4v) is 3.01. The summed E-state index contributed by atoms with van der Waals surface area (Å²) in [6.45, 7) is 3.17. The minimum Gasteiger partial charge on any atom is -0.486 e. The molecule has 1 aromatic carbocycles. The number of tetrazole rings is 1. The predicted octanol–water partition coefficient (Wildman–Crippen LogP) is 2.22. The van der Waals surface area contributed by atoms with Gasteiger partial charge in [-0.2, -0.15) is 9.94 Å². The van der Waals surface area contributed by atoms with Gasteiger partial charge in [0.1, 0.15) is 13.2 Å². The van der Waals surface area contributed by atoms with Crippen LogP contribution in [0.4, 0.5) is 0 Å². The normalized spacial score (nSPS) is 14.4. The van der Waals surface area contributed by atoms with Crippen LogP contribution in [0.1, 0.15) is 19.8 Å². The van der Waals surface area contributed by atoms with Crippen LogP contribution in [0.2, 0.25) is 0 Å². The van der Waals surface area contributed by atoms with Crippen LogP contribution in [-0.4, -0.2) is 38.7 Å². The summed E-state index contributed by atoms with van der Waals surface area (Å²) in [6, 6.07) is 7.78. The van der Waals surface area contributed by atoms with Crippen LogP contribution in [0.25, 0.3) is 5.69 Å². The van der Waals surface area contributed by atoms with Crippen LogP contribution in [0.3, 0.4) is 0 Å². The summed E-state index contributed by atoms with van der Waals surface area (Å²) in [5.41, 5.74) is 0.823. The van der Waals surface area contributed by atoms with E-state index in [0.29, 0.717) is 30.5 Å². The second-order valence-corrected chi connectivity index (χ2v) is 6.23. The maximum atomic E-state index is 8.66. The molecular weight excluding hydrogens is 302 g/mol. The molecule has 22 heavy (non-hydrogen) atoms. The number of hydrogen-bond acceptors (Lipinski definition) is 7. The Bertz CT molecular complexity index is 697. The van der Waals surface area contributed by atoms with E-state index in [1.807, 2.05) is 18.2 Å². The van der Waals surface area contributed by atoms with Gasteiger partial charge in [-0.3, -0.25) is 0 Å². The van der Waals surface area contributed by atoms with E-state index in [4.69, 9.17) is 14.7 Å². The molecule has 0 fully saturated rings. The summed E-state index contributed by atoms with van der Waals surface area (Å²) in [5.74, 6) is 1.44. The zero-order valence-corrected chi connectivity index (χ0v) is 12.9. The molecule has 1 aromatic heterocycles. The Labute approximate surface area is 132 Å². The molecule has 1 aliphatic heterocycles. The molecule has 2 heterocycles. The molecule has 0 bridgehead atoms. The SMILES string of the molecule is CC(CCC#N)Sc1nnnn1-c1ccc2c(c1)OCCO2. The summed E-state index contributed by atoms with van der Waals surface area (Å²) in [7, 11) is 0. The number of nitriles is 1. The second-order valence-electron chi connectivity index (χ2n) is 4.83. The third-order valence-corrected chi connectivity index (χ3v) is 4.28. The molecule has 0 saturated heterocycles. The zero-order chi connectivity index (χ0) is 15.4. The average Bonchev–Trinajstić information content (AvgIpc) is 3.00. The maximum Gasteiger partial charge on any atom is 0.214 e. The third-order valence-electron chi connectivity index (χ3n) is 3.18. The highest BCUT2D eigenvalue weighted by molar-refractivity contribution is 7.99. The van der Waals surface area contributed by atoms with Gasteiger partial charge in [-0.25, -0.2) is 0 Å². The molecule has 1 atom stereocenters. The summed E-state index contributed by atoms with van der Waals surface area (Å²) in [4.78, 5) is 0. The quantitative estimate of drug-likeness (QED) is 0.781. The van der Waals surface area contributed by atoms with Gasteiger partial charge in [0.25, 0.3) is 0 Å². The van der Waals surface area contributed by atoms with Crippen molar-refractivity contribution in [1.29, 1.82) is 5.26 Å². The Hall–Kier alpha value is -2.27. The first-order valence-corrected chi connectivity index (χ1v) is 7.88. The van der Waals surface area contributed by atoms with Gasteiger partial charge in [-0.05, 0) is 29.0 Å². The van der Waals surface area contributed by atoms with Crippen molar-refractivity contribution < 1.29 is 9.47 Å². The summed E-state index contributed by atoms with van der Waals surface area (Å²) in [5, 5.41) is 21.5. The first kappa shape index (κ1) is 14.7. The lowest BCUT2D eigenvalue weighted by molar-refractivity contribution is 0.171. The van der Waals surface area contributed by atoms with Crippen molar-refractivity contribution in [3.05, 3.63) is 18.2 Å². The van der Waals surface area contributed by atoms with Crippen LogP contribution in [0.15, 0.2) is 23.4 Å². The molecule has 0 spiro atoms. The van der Waals surface area contributed by atoms with E-state index in [0.717, 1.165) is 17.9 Å². The van der Waals surface area contributed by atoms with E-state index < -0.39 is 0 Å². The van der Waals surface area contributed by atoms with E-state index in [2.05, 4.69) is 28.5 Å². The summed E-state index contributed by atoms with van der Waals surface area (Å²) < 4.78 is 12.8. The van der Waals surface area contributed by atoms with Crippen LogP contribution in [-0.2, 0) is 0 Å². The van der Waals surface area contributed by atoms with Crippen LogP contribution in [0.5, 0.6) is 11.5 Å². The lowest BCUT2D eigenvalue weighted by Gasteiger charge is -2.19. The number of fused-ring (bicyclic) bond motifs is 1. The molecule has 1 aliphatic rings. The van der Waals surface area contributed by atoms with Gasteiger partial charge in [0, 0.05) is 17.7 Å². The Balaban J connectivity index is 1.81. The molecule has 3 rings (SSSR count). The number of benzene rings is 1. The second kappa shape index (κ2) is 6.66. The molecule has 7 nitrogen and oxygen atoms in total. The van der Waals surface area contributed by atoms with E-state index in [1.165, 1.54) is 0 Å². The Kier molecular flexibility index (Phi) is 4.44. The van der Waals surface area contributed by atoms with Gasteiger partial charge in [-0.15, -0.1) is 5.10 Å². The highest BCUT2D eigenvalue weighted by atomic mass is 32.2. The van der Waals surface area contributed by atoms with E-state index in [1.54, 1.807) is 16.4 Å². The number of hydrogen-bond donors (Lipinski definition) is 0. The number of ether oxygens (including phenoxy) is 2. The number of thioether (sulfide) groups is 1. The standard InChI is InChI=1S/C14H15N5O2S/c1-10(3-2-6-15)22-14-16-17-18-19(14)11-4-5-12-13(9-11)21-8-7-20-12/h4-5,9-10H,2-3,7-8H2,1H3. The van der Waals surface area contributed by atoms with E-state index >= 15 is 0 Å². The molecule has 0 N–H and O–H groups in total. The van der Waals surface area contributed by atoms with Gasteiger partial charge in [0.15, 0.2) is 11.5 Å². The van der Waals surface area contributed by atoms with Crippen LogP contribution in [0, 0.1) is 11.3 Å². The minimum absolute atomic E-state index is 0.265. The van der Waals surface area contributed by atoms with Gasteiger partial charge < -0.3 is 9.47 Å². The fourth-order valence-electron chi connectivity index (χ4n) is 2.08. The van der Waals surface area contributed by atoms with Crippen molar-refractivity contribution >= 4 is 11.8 Å². The summed E-state index contributed by atoms with van der Waals surface area (Å²) >= 11 is 1.55. The fraction of sp³-hybridized carbons (Fsp3) is 0.429. The predicted molar refractivity (Wildman–Crippen MR) is 80.3 cm³/mol. The largest absolute Gasteiger partial charge is 0.486 e. The van der Waals surface area contributed by atoms with Gasteiger partial charge in [0.2, 0.25) is 5.16 Å². The monoisotopic (exact) mass is 317 g/mol. The molecule has 8 heteroatoms. The van der Waals surface area contributed by atoms with Gasteiger partial charge in [-0.1, -0.05) is 18.7 Å². The molecule has 0 aliphatic carbocycles. The van der Waals surface area contributed by atoms with E-state index in [9.17, 15) is 0 Å². The van der Waals surface area contributed by atoms with Crippen molar-refractivity contribution in [3.8, 4) is 23.3 Å². The lowest BCUT2D eigenvalue weighted by atomic mass is 10.2. The Morgan fingerprint density at radius 3 is 3.00 bits per heavy atom. The molecular formula is C14H15N5O2S. The first-order valence-electron chi connectivity index (χ1n) is 7.00. The van der Waals surface area contributed by atoms with Crippen molar-refractivity contribution in [1.82, 2.24) is 20.2 Å². The smallest absolute Gasteiger partial charge is 0.214 e. The van der Waals surface area contributed by atoms with Crippen LogP contribution < -0.4 is 9.47 Å². The summed E-state index contributed by atoms with van der Waals surface area (Å²) in [6.07, 6.45) is 1.33. The Morgan fingerprint density at radius 1 is 1.36 bits per heavy atom. The number of aromatic nitrogens is 4. The lowest BCUT2D eigenvalue weighted by Crippen LogP contribution is -2.15. The number of nitrogens with zero attached hydrogens (tertiary/aromatic N) is 5. The maximum absolute atomic E-state index is 8.66. The van der Waals surface area contributed by atoms with Gasteiger partial charge >= 0.3 is 0 Å².